The molecule has 0 aliphatic heterocycles. The number of hydrogen-bond acceptors (Lipinski definition) is 6. The number of benzene rings is 1. The molecule has 7 nitrogen and oxygen atoms in total. The molecule has 2 heterocycles. The Morgan fingerprint density at radius 2 is 1.94 bits per heavy atom. The number of aryl methyl sites for hydroxylation is 1. The number of aromatic nitrogens is 3. The van der Waals surface area contributed by atoms with E-state index in [1.54, 1.807) is 0 Å². The van der Waals surface area contributed by atoms with Crippen molar-refractivity contribution >= 4 is 23.5 Å². The molecule has 1 fully saturated rings. The van der Waals surface area contributed by atoms with Gasteiger partial charge in [0.1, 0.15) is 11.9 Å². The number of rotatable bonds is 6. The zero-order chi connectivity index (χ0) is 22.0. The van der Waals surface area contributed by atoms with Gasteiger partial charge in [0.15, 0.2) is 0 Å². The summed E-state index contributed by atoms with van der Waals surface area (Å²) >= 11 is 1.18. The van der Waals surface area contributed by atoms with Gasteiger partial charge in [0.05, 0.1) is 11.3 Å². The second-order valence-corrected chi connectivity index (χ2v) is 8.86. The number of nitrogens with zero attached hydrogens (tertiary/aromatic N) is 4. The minimum absolute atomic E-state index is 0.119. The predicted molar refractivity (Wildman–Crippen MR) is 120 cm³/mol. The molecule has 0 bridgehead atoms. The normalized spacial score (nSPS) is 14.0. The highest BCUT2D eigenvalue weighted by Crippen LogP contribution is 2.37. The van der Waals surface area contributed by atoms with Crippen LogP contribution in [0.2, 0.25) is 0 Å². The Hall–Kier alpha value is -3.05. The fraction of sp³-hybridized carbons (Fsp3) is 0.391. The maximum absolute atomic E-state index is 12.7. The van der Waals surface area contributed by atoms with Crippen molar-refractivity contribution in [1.82, 2.24) is 14.8 Å². The second-order valence-electron chi connectivity index (χ2n) is 7.93. The average molecular weight is 436 g/mol. The second kappa shape index (κ2) is 8.98. The summed E-state index contributed by atoms with van der Waals surface area (Å²) in [5.74, 6) is 0.958. The van der Waals surface area contributed by atoms with Crippen LogP contribution < -0.4 is 5.32 Å². The van der Waals surface area contributed by atoms with Crippen LogP contribution in [0.5, 0.6) is 0 Å². The molecule has 160 valence electrons. The number of thioether (sulfide) groups is 1. The fourth-order valence-corrected chi connectivity index (χ4v) is 4.65. The maximum Gasteiger partial charge on any atom is 0.277 e. The molecule has 0 atom stereocenters. The molecule has 1 aliphatic carbocycles. The first-order chi connectivity index (χ1) is 15.0. The largest absolute Gasteiger partial charge is 0.411 e. The summed E-state index contributed by atoms with van der Waals surface area (Å²) < 4.78 is 7.83. The topological polar surface area (TPSA) is 96.7 Å². The minimum atomic E-state index is -0.201. The number of hydrogen-bond donors (Lipinski definition) is 1. The van der Waals surface area contributed by atoms with E-state index in [4.69, 9.17) is 4.42 Å². The monoisotopic (exact) mass is 435 g/mol. The van der Waals surface area contributed by atoms with Crippen molar-refractivity contribution < 1.29 is 9.21 Å². The SMILES string of the molecule is Cc1ccc(-c2nnc(SCC(=O)Nc3c(C#N)c(C)c(C)n3C3CCCC3)o2)cc1. The molecule has 1 amide bonds. The Kier molecular flexibility index (Phi) is 6.14. The van der Waals surface area contributed by atoms with Crippen LogP contribution in [0, 0.1) is 32.1 Å². The van der Waals surface area contributed by atoms with Crippen molar-refractivity contribution in [3.05, 3.63) is 46.6 Å². The fourth-order valence-electron chi connectivity index (χ4n) is 4.08. The Labute approximate surface area is 185 Å². The molecule has 1 saturated carbocycles. The van der Waals surface area contributed by atoms with Gasteiger partial charge in [-0.2, -0.15) is 5.26 Å². The highest BCUT2D eigenvalue weighted by Gasteiger charge is 2.26. The first kappa shape index (κ1) is 21.2. The first-order valence-corrected chi connectivity index (χ1v) is 11.4. The summed E-state index contributed by atoms with van der Waals surface area (Å²) in [5, 5.41) is 21.1. The van der Waals surface area contributed by atoms with Crippen LogP contribution in [0.25, 0.3) is 11.5 Å². The molecule has 1 aliphatic rings. The van der Waals surface area contributed by atoms with E-state index in [9.17, 15) is 10.1 Å². The third-order valence-corrected chi connectivity index (χ3v) is 6.67. The third-order valence-electron chi connectivity index (χ3n) is 5.85. The lowest BCUT2D eigenvalue weighted by atomic mass is 10.1. The molecular formula is C23H25N5O2S. The van der Waals surface area contributed by atoms with Gasteiger partial charge in [0.25, 0.3) is 5.22 Å². The minimum Gasteiger partial charge on any atom is -0.411 e. The molecule has 8 heteroatoms. The summed E-state index contributed by atoms with van der Waals surface area (Å²) in [7, 11) is 0. The van der Waals surface area contributed by atoms with Gasteiger partial charge in [-0.1, -0.05) is 42.3 Å². The van der Waals surface area contributed by atoms with Gasteiger partial charge >= 0.3 is 0 Å². The number of nitrogens with one attached hydrogen (secondary N) is 1. The van der Waals surface area contributed by atoms with E-state index < -0.39 is 0 Å². The molecule has 0 spiro atoms. The van der Waals surface area contributed by atoms with Crippen LogP contribution in [-0.4, -0.2) is 26.4 Å². The zero-order valence-electron chi connectivity index (χ0n) is 17.9. The Balaban J connectivity index is 1.46. The molecule has 31 heavy (non-hydrogen) atoms. The van der Waals surface area contributed by atoms with Gasteiger partial charge in [-0.05, 0) is 51.3 Å². The molecule has 0 radical (unpaired) electrons. The standard InChI is InChI=1S/C23H25N5O2S/c1-14-8-10-17(11-9-14)22-26-27-23(30-22)31-13-20(29)25-21-19(12-24)15(2)16(3)28(21)18-6-4-5-7-18/h8-11,18H,4-7,13H2,1-3H3,(H,25,29). The zero-order valence-corrected chi connectivity index (χ0v) is 18.8. The van der Waals surface area contributed by atoms with Crippen LogP contribution in [0.3, 0.4) is 0 Å². The third kappa shape index (κ3) is 4.37. The van der Waals surface area contributed by atoms with Gasteiger partial charge in [-0.25, -0.2) is 0 Å². The highest BCUT2D eigenvalue weighted by atomic mass is 32.2. The summed E-state index contributed by atoms with van der Waals surface area (Å²) in [6.07, 6.45) is 4.49. The average Bonchev–Trinajstić information content (AvgIpc) is 3.49. The molecule has 1 N–H and O–H groups in total. The van der Waals surface area contributed by atoms with E-state index in [2.05, 4.69) is 26.2 Å². The number of nitriles is 1. The van der Waals surface area contributed by atoms with Crippen LogP contribution in [0.15, 0.2) is 33.9 Å². The lowest BCUT2D eigenvalue weighted by Gasteiger charge is -2.19. The molecule has 0 unspecified atom stereocenters. The molecule has 1 aromatic carbocycles. The van der Waals surface area contributed by atoms with Crippen LogP contribution in [0.4, 0.5) is 5.82 Å². The smallest absolute Gasteiger partial charge is 0.277 e. The van der Waals surface area contributed by atoms with Crippen molar-refractivity contribution in [3.8, 4) is 17.5 Å². The van der Waals surface area contributed by atoms with Crippen LogP contribution in [0.1, 0.15) is 54.1 Å². The Morgan fingerprint density at radius 3 is 2.61 bits per heavy atom. The number of carbonyl (C=O) groups is 1. The van der Waals surface area contributed by atoms with E-state index in [1.165, 1.54) is 24.6 Å². The van der Waals surface area contributed by atoms with Gasteiger partial charge in [-0.3, -0.25) is 4.79 Å². The van der Waals surface area contributed by atoms with Crippen molar-refractivity contribution in [3.63, 3.8) is 0 Å². The van der Waals surface area contributed by atoms with E-state index in [1.807, 2.05) is 45.0 Å². The highest BCUT2D eigenvalue weighted by molar-refractivity contribution is 7.99. The maximum atomic E-state index is 12.7. The van der Waals surface area contributed by atoms with Crippen molar-refractivity contribution in [2.24, 2.45) is 0 Å². The van der Waals surface area contributed by atoms with Crippen LogP contribution in [-0.2, 0) is 4.79 Å². The number of amides is 1. The predicted octanol–water partition coefficient (Wildman–Crippen LogP) is 5.18. The van der Waals surface area contributed by atoms with Crippen LogP contribution >= 0.6 is 11.8 Å². The molecule has 4 rings (SSSR count). The van der Waals surface area contributed by atoms with E-state index >= 15 is 0 Å². The quantitative estimate of drug-likeness (QED) is 0.536. The van der Waals surface area contributed by atoms with E-state index in [0.717, 1.165) is 35.2 Å². The lowest BCUT2D eigenvalue weighted by molar-refractivity contribution is -0.113. The summed E-state index contributed by atoms with van der Waals surface area (Å²) in [5.41, 5.74) is 4.51. The van der Waals surface area contributed by atoms with Crippen molar-refractivity contribution in [2.75, 3.05) is 11.1 Å². The van der Waals surface area contributed by atoms with Gasteiger partial charge in [0.2, 0.25) is 11.8 Å². The number of carbonyl (C=O) groups excluding carboxylic acids is 1. The number of anilines is 1. The lowest BCUT2D eigenvalue weighted by Crippen LogP contribution is -2.19. The Morgan fingerprint density at radius 1 is 1.23 bits per heavy atom. The summed E-state index contributed by atoms with van der Waals surface area (Å²) in [6.45, 7) is 5.97. The molecule has 0 saturated heterocycles. The summed E-state index contributed by atoms with van der Waals surface area (Å²) in [4.78, 5) is 12.7. The van der Waals surface area contributed by atoms with Crippen molar-refractivity contribution in [2.45, 2.75) is 57.7 Å². The van der Waals surface area contributed by atoms with Gasteiger partial charge in [-0.15, -0.1) is 10.2 Å². The van der Waals surface area contributed by atoms with E-state index in [-0.39, 0.29) is 11.7 Å². The molecular weight excluding hydrogens is 410 g/mol. The first-order valence-electron chi connectivity index (χ1n) is 10.4. The van der Waals surface area contributed by atoms with Crippen molar-refractivity contribution in [1.29, 1.82) is 5.26 Å². The van der Waals surface area contributed by atoms with E-state index in [0.29, 0.717) is 28.5 Å². The van der Waals surface area contributed by atoms with Gasteiger partial charge < -0.3 is 14.3 Å². The Bertz CT molecular complexity index is 1130. The van der Waals surface area contributed by atoms with Gasteiger partial charge in [0, 0.05) is 17.3 Å². The summed E-state index contributed by atoms with van der Waals surface area (Å²) in [6, 6.07) is 10.4. The molecule has 3 aromatic rings. The molecule has 2 aromatic heterocycles.